The summed E-state index contributed by atoms with van der Waals surface area (Å²) in [5.74, 6) is 0.774. The molecule has 3 fully saturated rings. The van der Waals surface area contributed by atoms with Crippen molar-refractivity contribution in [3.8, 4) is 0 Å². The first-order valence-corrected chi connectivity index (χ1v) is 9.57. The van der Waals surface area contributed by atoms with Crippen LogP contribution in [0.5, 0.6) is 0 Å². The number of rotatable bonds is 5. The van der Waals surface area contributed by atoms with Crippen molar-refractivity contribution in [3.05, 3.63) is 0 Å². The van der Waals surface area contributed by atoms with Crippen LogP contribution < -0.4 is 5.32 Å². The molecule has 1 heterocycles. The van der Waals surface area contributed by atoms with Gasteiger partial charge < -0.3 is 5.32 Å². The van der Waals surface area contributed by atoms with Gasteiger partial charge in [-0.25, -0.2) is 0 Å². The molecule has 2 saturated carbocycles. The highest BCUT2D eigenvalue weighted by molar-refractivity contribution is 5.04. The number of nitrogens with zero attached hydrogens (tertiary/aromatic N) is 1. The fourth-order valence-corrected chi connectivity index (χ4v) is 5.03. The van der Waals surface area contributed by atoms with Crippen LogP contribution in [0.2, 0.25) is 0 Å². The number of hydrogen-bond acceptors (Lipinski definition) is 2. The molecule has 2 heteroatoms. The van der Waals surface area contributed by atoms with E-state index in [1.165, 1.54) is 77.4 Å². The summed E-state index contributed by atoms with van der Waals surface area (Å²) in [5.41, 5.74) is 1.17. The van der Waals surface area contributed by atoms with Crippen LogP contribution in [0.15, 0.2) is 0 Å². The molecule has 1 saturated heterocycles. The summed E-state index contributed by atoms with van der Waals surface area (Å²) in [6.45, 7) is 11.1. The van der Waals surface area contributed by atoms with Gasteiger partial charge in [-0.15, -0.1) is 0 Å². The number of nitrogens with one attached hydrogen (secondary N) is 1. The second-order valence-corrected chi connectivity index (χ2v) is 8.69. The second kappa shape index (κ2) is 6.20. The average Bonchev–Trinajstić information content (AvgIpc) is 3.19. The zero-order valence-corrected chi connectivity index (χ0v) is 14.6. The van der Waals surface area contributed by atoms with Gasteiger partial charge in [0.25, 0.3) is 0 Å². The van der Waals surface area contributed by atoms with E-state index < -0.39 is 0 Å². The van der Waals surface area contributed by atoms with Crippen LogP contribution in [0.1, 0.15) is 78.6 Å². The van der Waals surface area contributed by atoms with Crippen molar-refractivity contribution in [2.45, 2.75) is 90.1 Å². The Morgan fingerprint density at radius 3 is 2.38 bits per heavy atom. The van der Waals surface area contributed by atoms with Crippen LogP contribution in [-0.4, -0.2) is 36.1 Å². The maximum Gasteiger partial charge on any atom is 0.0309 e. The molecule has 122 valence electrons. The number of piperazine rings is 1. The second-order valence-electron chi connectivity index (χ2n) is 8.69. The lowest BCUT2D eigenvalue weighted by atomic mass is 9.78. The molecule has 3 rings (SSSR count). The zero-order valence-electron chi connectivity index (χ0n) is 14.6. The van der Waals surface area contributed by atoms with E-state index in [1.807, 2.05) is 0 Å². The summed E-state index contributed by atoms with van der Waals surface area (Å²) in [6.07, 6.45) is 12.9. The van der Waals surface area contributed by atoms with Gasteiger partial charge in [-0.1, -0.05) is 46.5 Å². The van der Waals surface area contributed by atoms with Crippen molar-refractivity contribution in [2.24, 2.45) is 11.3 Å². The van der Waals surface area contributed by atoms with Crippen molar-refractivity contribution in [1.29, 1.82) is 0 Å². The van der Waals surface area contributed by atoms with Gasteiger partial charge in [-0.05, 0) is 43.4 Å². The maximum atomic E-state index is 3.99. The molecule has 0 radical (unpaired) electrons. The molecule has 0 aromatic heterocycles. The predicted molar refractivity (Wildman–Crippen MR) is 90.6 cm³/mol. The lowest BCUT2D eigenvalue weighted by Gasteiger charge is -2.51. The lowest BCUT2D eigenvalue weighted by Crippen LogP contribution is -2.66. The topological polar surface area (TPSA) is 15.3 Å². The summed E-state index contributed by atoms with van der Waals surface area (Å²) in [6, 6.07) is 0.756. The summed E-state index contributed by atoms with van der Waals surface area (Å²) >= 11 is 0. The molecular formula is C19H36N2. The molecule has 1 N–H and O–H groups in total. The van der Waals surface area contributed by atoms with E-state index in [2.05, 4.69) is 31.0 Å². The van der Waals surface area contributed by atoms with Crippen LogP contribution in [-0.2, 0) is 0 Å². The van der Waals surface area contributed by atoms with Crippen LogP contribution in [0.4, 0.5) is 0 Å². The van der Waals surface area contributed by atoms with Crippen LogP contribution in [0, 0.1) is 11.3 Å². The van der Waals surface area contributed by atoms with Crippen molar-refractivity contribution < 1.29 is 0 Å². The third kappa shape index (κ3) is 3.47. The Balaban J connectivity index is 1.69. The smallest absolute Gasteiger partial charge is 0.0309 e. The predicted octanol–water partition coefficient (Wildman–Crippen LogP) is 4.20. The molecular weight excluding hydrogens is 256 g/mol. The lowest BCUT2D eigenvalue weighted by molar-refractivity contribution is 0.0214. The molecule has 0 amide bonds. The molecule has 1 atom stereocenters. The number of hydrogen-bond donors (Lipinski definition) is 1. The summed E-state index contributed by atoms with van der Waals surface area (Å²) in [5, 5.41) is 3.99. The Morgan fingerprint density at radius 2 is 1.81 bits per heavy atom. The van der Waals surface area contributed by atoms with E-state index in [1.54, 1.807) is 0 Å². The Labute approximate surface area is 132 Å². The van der Waals surface area contributed by atoms with E-state index >= 15 is 0 Å². The fourth-order valence-electron chi connectivity index (χ4n) is 5.03. The van der Waals surface area contributed by atoms with E-state index in [4.69, 9.17) is 0 Å². The molecule has 0 bridgehead atoms. The first kappa shape index (κ1) is 15.8. The quantitative estimate of drug-likeness (QED) is 0.817. The van der Waals surface area contributed by atoms with Gasteiger partial charge in [0.2, 0.25) is 0 Å². The molecule has 0 aromatic carbocycles. The molecule has 0 aromatic rings. The van der Waals surface area contributed by atoms with Gasteiger partial charge in [0, 0.05) is 31.2 Å². The Bertz CT molecular complexity index is 339. The van der Waals surface area contributed by atoms with E-state index in [-0.39, 0.29) is 0 Å². The SMILES string of the molecule is CCCC1(CN2CC3(CCCCC3)NCC2C(C)C)CC1. The van der Waals surface area contributed by atoms with Crippen LogP contribution in [0.3, 0.4) is 0 Å². The minimum absolute atomic E-state index is 0.464. The zero-order chi connectivity index (χ0) is 14.9. The molecule has 2 nitrogen and oxygen atoms in total. The largest absolute Gasteiger partial charge is 0.308 e. The Hall–Kier alpha value is -0.0800. The minimum atomic E-state index is 0.464. The first-order valence-electron chi connectivity index (χ1n) is 9.57. The summed E-state index contributed by atoms with van der Waals surface area (Å²) in [4.78, 5) is 2.91. The Kier molecular flexibility index (Phi) is 4.66. The van der Waals surface area contributed by atoms with Crippen molar-refractivity contribution >= 4 is 0 Å². The van der Waals surface area contributed by atoms with Crippen LogP contribution >= 0.6 is 0 Å². The molecule has 3 aliphatic rings. The van der Waals surface area contributed by atoms with Gasteiger partial charge in [-0.2, -0.15) is 0 Å². The molecule has 1 unspecified atom stereocenters. The van der Waals surface area contributed by atoms with Crippen molar-refractivity contribution in [3.63, 3.8) is 0 Å². The highest BCUT2D eigenvalue weighted by atomic mass is 15.3. The summed E-state index contributed by atoms with van der Waals surface area (Å²) < 4.78 is 0. The minimum Gasteiger partial charge on any atom is -0.308 e. The highest BCUT2D eigenvalue weighted by Gasteiger charge is 2.47. The van der Waals surface area contributed by atoms with Gasteiger partial charge in [-0.3, -0.25) is 4.90 Å². The normalized spacial score (nSPS) is 31.7. The van der Waals surface area contributed by atoms with Gasteiger partial charge in [0.1, 0.15) is 0 Å². The molecule has 1 aliphatic heterocycles. The molecule has 1 spiro atoms. The Morgan fingerprint density at radius 1 is 1.10 bits per heavy atom. The van der Waals surface area contributed by atoms with Gasteiger partial charge in [0.05, 0.1) is 0 Å². The van der Waals surface area contributed by atoms with Gasteiger partial charge in [0.15, 0.2) is 0 Å². The molecule has 2 aliphatic carbocycles. The van der Waals surface area contributed by atoms with Gasteiger partial charge >= 0.3 is 0 Å². The maximum absolute atomic E-state index is 3.99. The average molecular weight is 293 g/mol. The third-order valence-corrected chi connectivity index (χ3v) is 6.52. The fraction of sp³-hybridized carbons (Fsp3) is 1.00. The third-order valence-electron chi connectivity index (χ3n) is 6.52. The van der Waals surface area contributed by atoms with E-state index in [0.717, 1.165) is 12.0 Å². The van der Waals surface area contributed by atoms with Crippen molar-refractivity contribution in [1.82, 2.24) is 10.2 Å². The molecule has 21 heavy (non-hydrogen) atoms. The van der Waals surface area contributed by atoms with Crippen molar-refractivity contribution in [2.75, 3.05) is 19.6 Å². The first-order chi connectivity index (χ1) is 10.1. The summed E-state index contributed by atoms with van der Waals surface area (Å²) in [7, 11) is 0. The van der Waals surface area contributed by atoms with E-state index in [9.17, 15) is 0 Å². The van der Waals surface area contributed by atoms with Crippen LogP contribution in [0.25, 0.3) is 0 Å². The standard InChI is InChI=1S/C19H36N2/c1-4-8-18(11-12-18)14-21-15-19(9-6-5-7-10-19)20-13-17(21)16(2)3/h16-17,20H,4-15H2,1-3H3. The van der Waals surface area contributed by atoms with E-state index in [0.29, 0.717) is 11.0 Å². The highest BCUT2D eigenvalue weighted by Crippen LogP contribution is 2.51. The monoisotopic (exact) mass is 292 g/mol.